The highest BCUT2D eigenvalue weighted by molar-refractivity contribution is 14.0. The second kappa shape index (κ2) is 13.3. The molecule has 0 aliphatic carbocycles. The van der Waals surface area contributed by atoms with Crippen molar-refractivity contribution in [2.75, 3.05) is 26.7 Å². The Labute approximate surface area is 209 Å². The van der Waals surface area contributed by atoms with E-state index in [1.165, 1.54) is 11.1 Å². The Kier molecular flexibility index (Phi) is 10.8. The van der Waals surface area contributed by atoms with Crippen molar-refractivity contribution in [3.63, 3.8) is 0 Å². The maximum absolute atomic E-state index is 12.0. The van der Waals surface area contributed by atoms with Crippen molar-refractivity contribution in [2.24, 2.45) is 4.99 Å². The van der Waals surface area contributed by atoms with Crippen molar-refractivity contribution >= 4 is 35.8 Å². The molecule has 174 valence electrons. The minimum atomic E-state index is 0. The zero-order chi connectivity index (χ0) is 22.1. The number of carbonyl (C=O) groups excluding carboxylic acids is 1. The van der Waals surface area contributed by atoms with Crippen LogP contribution in [-0.4, -0.2) is 48.4 Å². The molecule has 0 atom stereocenters. The summed E-state index contributed by atoms with van der Waals surface area (Å²) < 4.78 is 5.53. The van der Waals surface area contributed by atoms with Gasteiger partial charge in [0.15, 0.2) is 5.96 Å². The molecule has 2 aromatic carbocycles. The molecular formula is C25H35IN4O2. The highest BCUT2D eigenvalue weighted by Gasteiger charge is 2.20. The molecule has 0 aromatic heterocycles. The molecule has 32 heavy (non-hydrogen) atoms. The third-order valence-electron chi connectivity index (χ3n) is 5.40. The van der Waals surface area contributed by atoms with Crippen LogP contribution in [0.4, 0.5) is 0 Å². The number of rotatable bonds is 9. The molecule has 0 bridgehead atoms. The van der Waals surface area contributed by atoms with Gasteiger partial charge in [-0.2, -0.15) is 0 Å². The quantitative estimate of drug-likeness (QED) is 0.285. The Morgan fingerprint density at radius 2 is 1.84 bits per heavy atom. The predicted octanol–water partition coefficient (Wildman–Crippen LogP) is 4.42. The van der Waals surface area contributed by atoms with Crippen LogP contribution >= 0.6 is 24.0 Å². The van der Waals surface area contributed by atoms with Gasteiger partial charge in [-0.1, -0.05) is 36.4 Å². The Bertz CT molecular complexity index is 886. The van der Waals surface area contributed by atoms with Crippen molar-refractivity contribution in [1.29, 1.82) is 0 Å². The summed E-state index contributed by atoms with van der Waals surface area (Å²) in [5.74, 6) is 2.01. The lowest BCUT2D eigenvalue weighted by molar-refractivity contribution is -0.128. The lowest BCUT2D eigenvalue weighted by atomic mass is 10.1. The largest absolute Gasteiger partial charge is 0.494 e. The predicted molar refractivity (Wildman–Crippen MR) is 140 cm³/mol. The molecule has 1 aliphatic heterocycles. The van der Waals surface area contributed by atoms with Crippen molar-refractivity contribution in [3.05, 3.63) is 65.2 Å². The van der Waals surface area contributed by atoms with Crippen LogP contribution < -0.4 is 10.1 Å². The van der Waals surface area contributed by atoms with Gasteiger partial charge in [-0.25, -0.2) is 4.99 Å². The van der Waals surface area contributed by atoms with Crippen molar-refractivity contribution < 1.29 is 9.53 Å². The molecule has 1 heterocycles. The Hall–Kier alpha value is -2.29. The van der Waals surface area contributed by atoms with Crippen LogP contribution in [0.3, 0.4) is 0 Å². The number of nitrogens with one attached hydrogen (secondary N) is 1. The van der Waals surface area contributed by atoms with E-state index in [0.29, 0.717) is 26.1 Å². The van der Waals surface area contributed by atoms with E-state index in [0.717, 1.165) is 43.3 Å². The average Bonchev–Trinajstić information content (AvgIpc) is 3.18. The first-order chi connectivity index (χ1) is 15.1. The monoisotopic (exact) mass is 550 g/mol. The SMILES string of the molecule is CCNC(=NCc1ccccc1CN1CCCC1=O)N(C)Cc1ccc(OCC)cc1.I. The molecule has 1 fully saturated rings. The molecule has 3 rings (SSSR count). The van der Waals surface area contributed by atoms with E-state index < -0.39 is 0 Å². The van der Waals surface area contributed by atoms with Gasteiger partial charge in [0.25, 0.3) is 0 Å². The molecule has 1 aliphatic rings. The third-order valence-corrected chi connectivity index (χ3v) is 5.40. The van der Waals surface area contributed by atoms with Crippen molar-refractivity contribution in [2.45, 2.75) is 46.3 Å². The molecule has 0 radical (unpaired) electrons. The third kappa shape index (κ3) is 7.39. The molecule has 0 spiro atoms. The number of benzene rings is 2. The summed E-state index contributed by atoms with van der Waals surface area (Å²) in [7, 11) is 2.05. The van der Waals surface area contributed by atoms with E-state index in [1.54, 1.807) is 0 Å². The first kappa shape index (κ1) is 26.0. The zero-order valence-electron chi connectivity index (χ0n) is 19.3. The van der Waals surface area contributed by atoms with E-state index >= 15 is 0 Å². The lowest BCUT2D eigenvalue weighted by Gasteiger charge is -2.23. The molecule has 7 heteroatoms. The van der Waals surface area contributed by atoms with E-state index in [1.807, 2.05) is 43.1 Å². The van der Waals surface area contributed by atoms with E-state index in [9.17, 15) is 4.79 Å². The van der Waals surface area contributed by atoms with Gasteiger partial charge in [0.2, 0.25) is 5.91 Å². The second-order valence-electron chi connectivity index (χ2n) is 7.79. The summed E-state index contributed by atoms with van der Waals surface area (Å²) in [6.45, 7) is 8.39. The topological polar surface area (TPSA) is 57.2 Å². The molecular weight excluding hydrogens is 515 g/mol. The summed E-state index contributed by atoms with van der Waals surface area (Å²) in [6.07, 6.45) is 1.63. The summed E-state index contributed by atoms with van der Waals surface area (Å²) in [5, 5.41) is 3.39. The summed E-state index contributed by atoms with van der Waals surface area (Å²) >= 11 is 0. The fraction of sp³-hybridized carbons (Fsp3) is 0.440. The number of hydrogen-bond donors (Lipinski definition) is 1. The number of hydrogen-bond acceptors (Lipinski definition) is 3. The second-order valence-corrected chi connectivity index (χ2v) is 7.79. The van der Waals surface area contributed by atoms with Gasteiger partial charge < -0.3 is 19.9 Å². The van der Waals surface area contributed by atoms with Crippen LogP contribution in [0.25, 0.3) is 0 Å². The van der Waals surface area contributed by atoms with Crippen LogP contribution in [0.15, 0.2) is 53.5 Å². The number of aliphatic imine (C=N–C) groups is 1. The molecule has 1 amide bonds. The summed E-state index contributed by atoms with van der Waals surface area (Å²) in [6, 6.07) is 16.5. The van der Waals surface area contributed by atoms with Crippen LogP contribution in [-0.2, 0) is 24.4 Å². The minimum Gasteiger partial charge on any atom is -0.494 e. The Morgan fingerprint density at radius 3 is 2.47 bits per heavy atom. The highest BCUT2D eigenvalue weighted by atomic mass is 127. The first-order valence-electron chi connectivity index (χ1n) is 11.2. The zero-order valence-corrected chi connectivity index (χ0v) is 21.7. The van der Waals surface area contributed by atoms with Gasteiger partial charge in [-0.3, -0.25) is 4.79 Å². The maximum Gasteiger partial charge on any atom is 0.222 e. The number of guanidine groups is 1. The minimum absolute atomic E-state index is 0. The molecule has 2 aromatic rings. The Balaban J connectivity index is 0.00000363. The molecule has 0 saturated carbocycles. The van der Waals surface area contributed by atoms with Gasteiger partial charge in [0, 0.05) is 39.6 Å². The fourth-order valence-electron chi connectivity index (χ4n) is 3.78. The van der Waals surface area contributed by atoms with Crippen LogP contribution in [0.2, 0.25) is 0 Å². The molecule has 1 saturated heterocycles. The first-order valence-corrected chi connectivity index (χ1v) is 11.2. The van der Waals surface area contributed by atoms with Gasteiger partial charge in [-0.05, 0) is 49.1 Å². The summed E-state index contributed by atoms with van der Waals surface area (Å²) in [5.41, 5.74) is 3.53. The number of amides is 1. The number of likely N-dealkylation sites (tertiary alicyclic amines) is 1. The van der Waals surface area contributed by atoms with E-state index in [4.69, 9.17) is 9.73 Å². The van der Waals surface area contributed by atoms with Gasteiger partial charge in [-0.15, -0.1) is 24.0 Å². The number of halogens is 1. The van der Waals surface area contributed by atoms with Gasteiger partial charge in [0.1, 0.15) is 5.75 Å². The van der Waals surface area contributed by atoms with Gasteiger partial charge in [0.05, 0.1) is 13.2 Å². The average molecular weight is 550 g/mol. The van der Waals surface area contributed by atoms with Crippen LogP contribution in [0, 0.1) is 0 Å². The van der Waals surface area contributed by atoms with Gasteiger partial charge >= 0.3 is 0 Å². The smallest absolute Gasteiger partial charge is 0.222 e. The number of ether oxygens (including phenoxy) is 1. The fourth-order valence-corrected chi connectivity index (χ4v) is 3.78. The molecule has 0 unspecified atom stereocenters. The van der Waals surface area contributed by atoms with Crippen molar-refractivity contribution in [3.8, 4) is 5.75 Å². The standard InChI is InChI=1S/C25H34N4O2.HI/c1-4-26-25(28(3)18-20-12-14-23(15-13-20)31-5-2)27-17-21-9-6-7-10-22(21)19-29-16-8-11-24(29)30;/h6-7,9-10,12-15H,4-5,8,11,16-19H2,1-3H3,(H,26,27);1H. The Morgan fingerprint density at radius 1 is 1.12 bits per heavy atom. The van der Waals surface area contributed by atoms with E-state index in [2.05, 4.69) is 41.4 Å². The molecule has 6 nitrogen and oxygen atoms in total. The number of carbonyl (C=O) groups is 1. The van der Waals surface area contributed by atoms with E-state index in [-0.39, 0.29) is 29.9 Å². The normalized spacial score (nSPS) is 13.7. The lowest BCUT2D eigenvalue weighted by Crippen LogP contribution is -2.38. The van der Waals surface area contributed by atoms with Crippen LogP contribution in [0.5, 0.6) is 5.75 Å². The maximum atomic E-state index is 12.0. The van der Waals surface area contributed by atoms with Crippen molar-refractivity contribution in [1.82, 2.24) is 15.1 Å². The summed E-state index contributed by atoms with van der Waals surface area (Å²) in [4.78, 5) is 21.0. The number of nitrogens with zero attached hydrogens (tertiary/aromatic N) is 3. The van der Waals surface area contributed by atoms with Crippen LogP contribution in [0.1, 0.15) is 43.4 Å². The molecule has 1 N–H and O–H groups in total. The highest BCUT2D eigenvalue weighted by Crippen LogP contribution is 2.18.